The summed E-state index contributed by atoms with van der Waals surface area (Å²) in [5, 5.41) is 3.16. The van der Waals surface area contributed by atoms with E-state index in [1.165, 1.54) is 25.7 Å². The minimum Gasteiger partial charge on any atom is -0.341 e. The third kappa shape index (κ3) is 2.20. The highest BCUT2D eigenvalue weighted by atomic mass is 35.5. The molecule has 0 aromatic rings. The summed E-state index contributed by atoms with van der Waals surface area (Å²) in [5.41, 5.74) is 0. The van der Waals surface area contributed by atoms with Crippen LogP contribution in [0.2, 0.25) is 0 Å². The summed E-state index contributed by atoms with van der Waals surface area (Å²) in [7, 11) is 1.96. The molecule has 1 saturated carbocycles. The van der Waals surface area contributed by atoms with Gasteiger partial charge < -0.3 is 10.2 Å². The van der Waals surface area contributed by atoms with Crippen LogP contribution < -0.4 is 5.32 Å². The van der Waals surface area contributed by atoms with Gasteiger partial charge in [0.1, 0.15) is 0 Å². The molecule has 0 radical (unpaired) electrons. The van der Waals surface area contributed by atoms with Crippen molar-refractivity contribution in [2.45, 2.75) is 44.2 Å². The fourth-order valence-corrected chi connectivity index (χ4v) is 2.22. The van der Waals surface area contributed by atoms with E-state index in [-0.39, 0.29) is 18.4 Å². The molecule has 1 atom stereocenters. The van der Waals surface area contributed by atoms with Crippen molar-refractivity contribution >= 4 is 18.3 Å². The number of amides is 1. The number of carbonyl (C=O) groups excluding carboxylic acids is 1. The molecule has 14 heavy (non-hydrogen) atoms. The predicted molar refractivity (Wildman–Crippen MR) is 58.7 cm³/mol. The molecule has 2 aliphatic rings. The molecule has 0 aromatic carbocycles. The first kappa shape index (κ1) is 11.8. The largest absolute Gasteiger partial charge is 0.341 e. The standard InChI is InChI=1S/C10H18N2O.ClH/c1-12(8-4-2-3-5-8)10(13)9-6-7-11-9;/h8-9,11H,2-7H2,1H3;1H/t9-;/m1./s1. The normalized spacial score (nSPS) is 26.5. The average Bonchev–Trinajstić information content (AvgIpc) is 2.51. The van der Waals surface area contributed by atoms with Crippen LogP contribution in [0.5, 0.6) is 0 Å². The Hall–Kier alpha value is -0.280. The first-order chi connectivity index (χ1) is 6.29. The molecule has 1 saturated heterocycles. The lowest BCUT2D eigenvalue weighted by Gasteiger charge is -2.33. The Bertz CT molecular complexity index is 200. The second-order valence-electron chi connectivity index (χ2n) is 4.18. The topological polar surface area (TPSA) is 32.3 Å². The SMILES string of the molecule is CN(C(=O)[C@H]1CCN1)C1CCCC1.Cl. The van der Waals surface area contributed by atoms with E-state index in [1.54, 1.807) is 0 Å². The van der Waals surface area contributed by atoms with Gasteiger partial charge in [0, 0.05) is 13.1 Å². The van der Waals surface area contributed by atoms with E-state index in [4.69, 9.17) is 0 Å². The fourth-order valence-electron chi connectivity index (χ4n) is 2.22. The molecule has 1 N–H and O–H groups in total. The maximum atomic E-state index is 11.8. The van der Waals surface area contributed by atoms with Gasteiger partial charge in [-0.05, 0) is 25.8 Å². The molecular weight excluding hydrogens is 200 g/mol. The zero-order valence-electron chi connectivity index (χ0n) is 8.66. The summed E-state index contributed by atoms with van der Waals surface area (Å²) in [5.74, 6) is 0.304. The summed E-state index contributed by atoms with van der Waals surface area (Å²) in [6, 6.07) is 0.653. The number of hydrogen-bond donors (Lipinski definition) is 1. The summed E-state index contributed by atoms with van der Waals surface area (Å²) >= 11 is 0. The van der Waals surface area contributed by atoms with Gasteiger partial charge >= 0.3 is 0 Å². The molecule has 82 valence electrons. The zero-order chi connectivity index (χ0) is 9.26. The number of hydrogen-bond acceptors (Lipinski definition) is 2. The van der Waals surface area contributed by atoms with Gasteiger partial charge in [-0.25, -0.2) is 0 Å². The van der Waals surface area contributed by atoms with Gasteiger partial charge in [0.2, 0.25) is 5.91 Å². The number of carbonyl (C=O) groups is 1. The van der Waals surface area contributed by atoms with Crippen molar-refractivity contribution in [3.8, 4) is 0 Å². The van der Waals surface area contributed by atoms with Crippen LogP contribution in [0, 0.1) is 0 Å². The highest BCUT2D eigenvalue weighted by Gasteiger charge is 2.31. The van der Waals surface area contributed by atoms with Crippen molar-refractivity contribution in [3.63, 3.8) is 0 Å². The molecule has 0 unspecified atom stereocenters. The first-order valence-corrected chi connectivity index (χ1v) is 5.29. The fraction of sp³-hybridized carbons (Fsp3) is 0.900. The van der Waals surface area contributed by atoms with Crippen molar-refractivity contribution in [1.82, 2.24) is 10.2 Å². The third-order valence-corrected chi connectivity index (χ3v) is 3.34. The monoisotopic (exact) mass is 218 g/mol. The van der Waals surface area contributed by atoms with Crippen LogP contribution >= 0.6 is 12.4 Å². The van der Waals surface area contributed by atoms with E-state index in [0.717, 1.165) is 13.0 Å². The Morgan fingerprint density at radius 3 is 2.29 bits per heavy atom. The second-order valence-corrected chi connectivity index (χ2v) is 4.18. The van der Waals surface area contributed by atoms with Crippen molar-refractivity contribution < 1.29 is 4.79 Å². The maximum Gasteiger partial charge on any atom is 0.239 e. The molecule has 1 amide bonds. The van der Waals surface area contributed by atoms with E-state index in [1.807, 2.05) is 11.9 Å². The second kappa shape index (κ2) is 4.99. The van der Waals surface area contributed by atoms with Gasteiger partial charge in [-0.2, -0.15) is 0 Å². The minimum atomic E-state index is 0. The van der Waals surface area contributed by atoms with Gasteiger partial charge in [0.15, 0.2) is 0 Å². The van der Waals surface area contributed by atoms with Crippen LogP contribution in [0.25, 0.3) is 0 Å². The molecule has 0 bridgehead atoms. The van der Waals surface area contributed by atoms with Crippen molar-refractivity contribution in [2.75, 3.05) is 13.6 Å². The minimum absolute atomic E-state index is 0. The Morgan fingerprint density at radius 2 is 1.86 bits per heavy atom. The Kier molecular flexibility index (Phi) is 4.20. The first-order valence-electron chi connectivity index (χ1n) is 5.29. The van der Waals surface area contributed by atoms with Gasteiger partial charge in [-0.3, -0.25) is 4.79 Å². The lowest BCUT2D eigenvalue weighted by Crippen LogP contribution is -2.55. The average molecular weight is 219 g/mol. The van der Waals surface area contributed by atoms with Crippen LogP contribution in [0.1, 0.15) is 32.1 Å². The molecule has 0 spiro atoms. The molecular formula is C10H19ClN2O. The molecule has 0 aromatic heterocycles. The number of likely N-dealkylation sites (N-methyl/N-ethyl adjacent to an activating group) is 1. The van der Waals surface area contributed by atoms with Crippen LogP contribution in [0.4, 0.5) is 0 Å². The maximum absolute atomic E-state index is 11.8. The number of rotatable bonds is 2. The van der Waals surface area contributed by atoms with Crippen molar-refractivity contribution in [2.24, 2.45) is 0 Å². The van der Waals surface area contributed by atoms with Gasteiger partial charge in [-0.15, -0.1) is 12.4 Å². The van der Waals surface area contributed by atoms with Gasteiger partial charge in [-0.1, -0.05) is 12.8 Å². The molecule has 4 heteroatoms. The van der Waals surface area contributed by atoms with E-state index in [9.17, 15) is 4.79 Å². The summed E-state index contributed by atoms with van der Waals surface area (Å²) < 4.78 is 0. The van der Waals surface area contributed by atoms with Gasteiger partial charge in [0.25, 0.3) is 0 Å². The van der Waals surface area contributed by atoms with Crippen LogP contribution in [-0.4, -0.2) is 36.5 Å². The number of halogens is 1. The Balaban J connectivity index is 0.000000980. The molecule has 3 nitrogen and oxygen atoms in total. The zero-order valence-corrected chi connectivity index (χ0v) is 9.48. The predicted octanol–water partition coefficient (Wildman–Crippen LogP) is 1.17. The van der Waals surface area contributed by atoms with Crippen molar-refractivity contribution in [3.05, 3.63) is 0 Å². The van der Waals surface area contributed by atoms with E-state index < -0.39 is 0 Å². The molecule has 2 rings (SSSR count). The molecule has 1 aliphatic carbocycles. The summed E-state index contributed by atoms with van der Waals surface area (Å²) in [6.45, 7) is 1.01. The molecule has 1 aliphatic heterocycles. The lowest BCUT2D eigenvalue weighted by atomic mass is 10.1. The molecule has 2 fully saturated rings. The third-order valence-electron chi connectivity index (χ3n) is 3.34. The van der Waals surface area contributed by atoms with E-state index in [0.29, 0.717) is 11.9 Å². The highest BCUT2D eigenvalue weighted by Crippen LogP contribution is 2.23. The van der Waals surface area contributed by atoms with Crippen LogP contribution in [-0.2, 0) is 4.79 Å². The highest BCUT2D eigenvalue weighted by molar-refractivity contribution is 5.85. The number of nitrogens with one attached hydrogen (secondary N) is 1. The smallest absolute Gasteiger partial charge is 0.239 e. The van der Waals surface area contributed by atoms with E-state index in [2.05, 4.69) is 5.32 Å². The van der Waals surface area contributed by atoms with Crippen LogP contribution in [0.3, 0.4) is 0 Å². The Labute approximate surface area is 91.6 Å². The summed E-state index contributed by atoms with van der Waals surface area (Å²) in [4.78, 5) is 13.7. The lowest BCUT2D eigenvalue weighted by molar-refractivity contribution is -0.135. The van der Waals surface area contributed by atoms with E-state index >= 15 is 0 Å². The molecule has 1 heterocycles. The summed E-state index contributed by atoms with van der Waals surface area (Å²) in [6.07, 6.45) is 6.01. The van der Waals surface area contributed by atoms with Gasteiger partial charge in [0.05, 0.1) is 6.04 Å². The van der Waals surface area contributed by atoms with Crippen molar-refractivity contribution in [1.29, 1.82) is 0 Å². The Morgan fingerprint density at radius 1 is 1.29 bits per heavy atom. The number of nitrogens with zero attached hydrogens (tertiary/aromatic N) is 1. The van der Waals surface area contributed by atoms with Crippen LogP contribution in [0.15, 0.2) is 0 Å². The quantitative estimate of drug-likeness (QED) is 0.755.